The molecule has 0 heterocycles. The molecular formula is C13H28N2. The third-order valence-corrected chi connectivity index (χ3v) is 3.66. The normalized spacial score (nSPS) is 18.2. The summed E-state index contributed by atoms with van der Waals surface area (Å²) in [5.41, 5.74) is 6.00. The van der Waals surface area contributed by atoms with E-state index in [0.717, 1.165) is 18.9 Å². The Bertz CT molecular complexity index is 173. The van der Waals surface area contributed by atoms with Crippen LogP contribution in [0.5, 0.6) is 0 Å². The monoisotopic (exact) mass is 212 g/mol. The first-order chi connectivity index (χ1) is 7.03. The van der Waals surface area contributed by atoms with Gasteiger partial charge in [-0.05, 0) is 44.3 Å². The molecule has 1 rings (SSSR count). The molecule has 2 N–H and O–H groups in total. The van der Waals surface area contributed by atoms with E-state index in [2.05, 4.69) is 25.8 Å². The average molecular weight is 212 g/mol. The number of rotatable bonds is 7. The van der Waals surface area contributed by atoms with Crippen LogP contribution in [0, 0.1) is 11.3 Å². The van der Waals surface area contributed by atoms with Crippen molar-refractivity contribution in [2.75, 3.05) is 26.7 Å². The van der Waals surface area contributed by atoms with E-state index in [9.17, 15) is 0 Å². The molecule has 0 bridgehead atoms. The summed E-state index contributed by atoms with van der Waals surface area (Å²) in [6.07, 6.45) is 6.93. The molecule has 0 unspecified atom stereocenters. The topological polar surface area (TPSA) is 29.3 Å². The van der Waals surface area contributed by atoms with Crippen LogP contribution in [0.25, 0.3) is 0 Å². The molecule has 0 saturated heterocycles. The van der Waals surface area contributed by atoms with E-state index in [1.165, 1.54) is 38.8 Å². The Balaban J connectivity index is 2.12. The summed E-state index contributed by atoms with van der Waals surface area (Å²) in [6.45, 7) is 7.89. The van der Waals surface area contributed by atoms with Crippen LogP contribution >= 0.6 is 0 Å². The minimum absolute atomic E-state index is 0.378. The van der Waals surface area contributed by atoms with Gasteiger partial charge < -0.3 is 10.6 Å². The van der Waals surface area contributed by atoms with Crippen molar-refractivity contribution in [1.82, 2.24) is 4.90 Å². The zero-order chi connectivity index (χ0) is 11.3. The standard InChI is InChI=1S/C13H28N2/c1-13(2,8-9-14)11-15(3)10-7-12-5-4-6-12/h12H,4-11,14H2,1-3H3. The Hall–Kier alpha value is -0.0800. The van der Waals surface area contributed by atoms with Crippen LogP contribution in [0.1, 0.15) is 46.0 Å². The van der Waals surface area contributed by atoms with Crippen molar-refractivity contribution < 1.29 is 0 Å². The molecule has 0 aliphatic heterocycles. The number of hydrogen-bond donors (Lipinski definition) is 1. The fourth-order valence-corrected chi connectivity index (χ4v) is 2.46. The molecule has 90 valence electrons. The van der Waals surface area contributed by atoms with Gasteiger partial charge in [0.05, 0.1) is 0 Å². The zero-order valence-electron chi connectivity index (χ0n) is 10.8. The quantitative estimate of drug-likeness (QED) is 0.702. The van der Waals surface area contributed by atoms with Crippen molar-refractivity contribution in [3.05, 3.63) is 0 Å². The molecule has 0 aromatic carbocycles. The first-order valence-electron chi connectivity index (χ1n) is 6.42. The van der Waals surface area contributed by atoms with Crippen LogP contribution in [0.4, 0.5) is 0 Å². The highest BCUT2D eigenvalue weighted by atomic mass is 15.1. The lowest BCUT2D eigenvalue weighted by atomic mass is 9.82. The van der Waals surface area contributed by atoms with E-state index < -0.39 is 0 Å². The summed E-state index contributed by atoms with van der Waals surface area (Å²) >= 11 is 0. The third kappa shape index (κ3) is 4.98. The van der Waals surface area contributed by atoms with Crippen LogP contribution in [0.15, 0.2) is 0 Å². The van der Waals surface area contributed by atoms with E-state index in [-0.39, 0.29) is 0 Å². The lowest BCUT2D eigenvalue weighted by Gasteiger charge is -2.32. The summed E-state index contributed by atoms with van der Waals surface area (Å²) < 4.78 is 0. The van der Waals surface area contributed by atoms with Crippen molar-refractivity contribution in [3.63, 3.8) is 0 Å². The largest absolute Gasteiger partial charge is 0.330 e. The van der Waals surface area contributed by atoms with E-state index in [1.807, 2.05) is 0 Å². The van der Waals surface area contributed by atoms with Gasteiger partial charge in [-0.25, -0.2) is 0 Å². The zero-order valence-corrected chi connectivity index (χ0v) is 10.8. The molecule has 2 nitrogen and oxygen atoms in total. The molecule has 1 aliphatic carbocycles. The maximum atomic E-state index is 5.62. The molecule has 1 saturated carbocycles. The Morgan fingerprint density at radius 2 is 2.00 bits per heavy atom. The van der Waals surface area contributed by atoms with Crippen molar-refractivity contribution in [2.24, 2.45) is 17.1 Å². The average Bonchev–Trinajstić information content (AvgIpc) is 1.99. The molecular weight excluding hydrogens is 184 g/mol. The van der Waals surface area contributed by atoms with Gasteiger partial charge in [0.2, 0.25) is 0 Å². The predicted molar refractivity (Wildman–Crippen MR) is 66.9 cm³/mol. The minimum Gasteiger partial charge on any atom is -0.330 e. The second-order valence-corrected chi connectivity index (χ2v) is 6.03. The van der Waals surface area contributed by atoms with Gasteiger partial charge in [0.25, 0.3) is 0 Å². The van der Waals surface area contributed by atoms with Crippen LogP contribution < -0.4 is 5.73 Å². The van der Waals surface area contributed by atoms with Gasteiger partial charge in [0.15, 0.2) is 0 Å². The summed E-state index contributed by atoms with van der Waals surface area (Å²) in [6, 6.07) is 0. The van der Waals surface area contributed by atoms with Crippen LogP contribution in [0.2, 0.25) is 0 Å². The number of nitrogens with two attached hydrogens (primary N) is 1. The lowest BCUT2D eigenvalue weighted by Crippen LogP contribution is -2.34. The first kappa shape index (κ1) is 13.0. The lowest BCUT2D eigenvalue weighted by molar-refractivity contribution is 0.176. The van der Waals surface area contributed by atoms with Crippen LogP contribution in [0.3, 0.4) is 0 Å². The molecule has 0 atom stereocenters. The smallest absolute Gasteiger partial charge is 0.00301 e. The Morgan fingerprint density at radius 3 is 2.47 bits per heavy atom. The summed E-state index contributed by atoms with van der Waals surface area (Å²) in [5.74, 6) is 1.03. The van der Waals surface area contributed by atoms with Gasteiger partial charge in [-0.15, -0.1) is 0 Å². The molecule has 0 radical (unpaired) electrons. The summed E-state index contributed by atoms with van der Waals surface area (Å²) in [4.78, 5) is 2.48. The first-order valence-corrected chi connectivity index (χ1v) is 6.42. The highest BCUT2D eigenvalue weighted by Gasteiger charge is 2.21. The maximum Gasteiger partial charge on any atom is 0.00301 e. The fourth-order valence-electron chi connectivity index (χ4n) is 2.46. The second-order valence-electron chi connectivity index (χ2n) is 6.03. The fraction of sp³-hybridized carbons (Fsp3) is 1.00. The van der Waals surface area contributed by atoms with Gasteiger partial charge in [-0.3, -0.25) is 0 Å². The molecule has 0 amide bonds. The minimum atomic E-state index is 0.378. The van der Waals surface area contributed by atoms with Gasteiger partial charge >= 0.3 is 0 Å². The maximum absolute atomic E-state index is 5.62. The van der Waals surface area contributed by atoms with Crippen molar-refractivity contribution in [3.8, 4) is 0 Å². The van der Waals surface area contributed by atoms with Gasteiger partial charge in [0.1, 0.15) is 0 Å². The highest BCUT2D eigenvalue weighted by Crippen LogP contribution is 2.29. The third-order valence-electron chi connectivity index (χ3n) is 3.66. The Labute approximate surface area is 95.2 Å². The molecule has 0 spiro atoms. The van der Waals surface area contributed by atoms with Gasteiger partial charge in [-0.1, -0.05) is 33.1 Å². The second kappa shape index (κ2) is 5.86. The van der Waals surface area contributed by atoms with Crippen LogP contribution in [-0.2, 0) is 0 Å². The van der Waals surface area contributed by atoms with Gasteiger partial charge in [-0.2, -0.15) is 0 Å². The van der Waals surface area contributed by atoms with E-state index in [0.29, 0.717) is 5.41 Å². The predicted octanol–water partition coefficient (Wildman–Crippen LogP) is 2.48. The van der Waals surface area contributed by atoms with Crippen LogP contribution in [-0.4, -0.2) is 31.6 Å². The van der Waals surface area contributed by atoms with Crippen molar-refractivity contribution in [2.45, 2.75) is 46.0 Å². The molecule has 1 fully saturated rings. The SMILES string of the molecule is CN(CCC1CCC1)CC(C)(C)CCN. The molecule has 0 aromatic rings. The van der Waals surface area contributed by atoms with Gasteiger partial charge in [0, 0.05) is 6.54 Å². The van der Waals surface area contributed by atoms with E-state index in [1.54, 1.807) is 0 Å². The van der Waals surface area contributed by atoms with Crippen molar-refractivity contribution in [1.29, 1.82) is 0 Å². The summed E-state index contributed by atoms with van der Waals surface area (Å²) in [7, 11) is 2.25. The molecule has 15 heavy (non-hydrogen) atoms. The van der Waals surface area contributed by atoms with E-state index in [4.69, 9.17) is 5.73 Å². The number of nitrogens with zero attached hydrogens (tertiary/aromatic N) is 1. The highest BCUT2D eigenvalue weighted by molar-refractivity contribution is 4.75. The Kier molecular flexibility index (Phi) is 5.07. The summed E-state index contributed by atoms with van der Waals surface area (Å²) in [5, 5.41) is 0. The number of hydrogen-bond acceptors (Lipinski definition) is 2. The molecule has 1 aliphatic rings. The Morgan fingerprint density at radius 1 is 1.33 bits per heavy atom. The molecule has 0 aromatic heterocycles. The van der Waals surface area contributed by atoms with Crippen molar-refractivity contribution >= 4 is 0 Å². The van der Waals surface area contributed by atoms with E-state index >= 15 is 0 Å². The molecule has 2 heteroatoms.